The van der Waals surface area contributed by atoms with Crippen molar-refractivity contribution in [1.82, 2.24) is 9.55 Å². The Morgan fingerprint density at radius 3 is 2.72 bits per heavy atom. The Morgan fingerprint density at radius 1 is 1.28 bits per heavy atom. The quantitative estimate of drug-likeness (QED) is 0.817. The molecular formula is C14H25N3O. The monoisotopic (exact) mass is 251 g/mol. The van der Waals surface area contributed by atoms with Crippen LogP contribution in [0, 0.1) is 0 Å². The molecule has 0 aliphatic heterocycles. The van der Waals surface area contributed by atoms with Gasteiger partial charge in [0.1, 0.15) is 0 Å². The molecule has 0 spiro atoms. The molecule has 0 bridgehead atoms. The first-order chi connectivity index (χ1) is 8.92. The van der Waals surface area contributed by atoms with Gasteiger partial charge in [0.25, 0.3) is 0 Å². The van der Waals surface area contributed by atoms with Gasteiger partial charge < -0.3 is 14.6 Å². The number of nitrogens with zero attached hydrogens (tertiary/aromatic N) is 2. The van der Waals surface area contributed by atoms with Crippen molar-refractivity contribution in [3.05, 3.63) is 12.4 Å². The SMILES string of the molecule is COCCNc1nccn1C1CCCCCCC1. The van der Waals surface area contributed by atoms with Gasteiger partial charge in [-0.05, 0) is 12.8 Å². The first-order valence-electron chi connectivity index (χ1n) is 7.17. The van der Waals surface area contributed by atoms with E-state index in [0.717, 1.165) is 19.1 Å². The van der Waals surface area contributed by atoms with Crippen molar-refractivity contribution in [3.63, 3.8) is 0 Å². The maximum Gasteiger partial charge on any atom is 0.203 e. The highest BCUT2D eigenvalue weighted by molar-refractivity contribution is 5.26. The second kappa shape index (κ2) is 7.41. The van der Waals surface area contributed by atoms with E-state index in [-0.39, 0.29) is 0 Å². The van der Waals surface area contributed by atoms with E-state index in [1.165, 1.54) is 44.9 Å². The molecule has 102 valence electrons. The van der Waals surface area contributed by atoms with Crippen LogP contribution in [0.5, 0.6) is 0 Å². The molecule has 1 aromatic heterocycles. The second-order valence-corrected chi connectivity index (χ2v) is 5.08. The smallest absolute Gasteiger partial charge is 0.203 e. The molecule has 0 aromatic carbocycles. The van der Waals surface area contributed by atoms with Crippen LogP contribution in [0.2, 0.25) is 0 Å². The van der Waals surface area contributed by atoms with Gasteiger partial charge in [-0.2, -0.15) is 0 Å². The summed E-state index contributed by atoms with van der Waals surface area (Å²) in [5.41, 5.74) is 0. The number of hydrogen-bond acceptors (Lipinski definition) is 3. The summed E-state index contributed by atoms with van der Waals surface area (Å²) in [5.74, 6) is 0.998. The van der Waals surface area contributed by atoms with Crippen LogP contribution in [0.3, 0.4) is 0 Å². The molecule has 0 amide bonds. The molecule has 1 aliphatic carbocycles. The van der Waals surface area contributed by atoms with E-state index < -0.39 is 0 Å². The molecule has 0 saturated heterocycles. The normalized spacial score (nSPS) is 18.3. The molecule has 4 heteroatoms. The van der Waals surface area contributed by atoms with Crippen LogP contribution in [-0.4, -0.2) is 29.8 Å². The molecule has 1 fully saturated rings. The summed E-state index contributed by atoms with van der Waals surface area (Å²) in [7, 11) is 1.73. The van der Waals surface area contributed by atoms with E-state index in [4.69, 9.17) is 4.74 Å². The summed E-state index contributed by atoms with van der Waals surface area (Å²) in [6, 6.07) is 0.623. The Kier molecular flexibility index (Phi) is 5.52. The predicted octanol–water partition coefficient (Wildman–Crippen LogP) is 3.23. The first-order valence-corrected chi connectivity index (χ1v) is 7.17. The van der Waals surface area contributed by atoms with Gasteiger partial charge in [-0.15, -0.1) is 0 Å². The fourth-order valence-corrected chi connectivity index (χ4v) is 2.72. The standard InChI is InChI=1S/C14H25N3O/c1-18-12-10-16-14-15-9-11-17(14)13-7-5-3-2-4-6-8-13/h9,11,13H,2-8,10,12H2,1H3,(H,15,16). The second-order valence-electron chi connectivity index (χ2n) is 5.08. The summed E-state index contributed by atoms with van der Waals surface area (Å²) < 4.78 is 7.38. The number of nitrogens with one attached hydrogen (secondary N) is 1. The van der Waals surface area contributed by atoms with Gasteiger partial charge in [0.2, 0.25) is 5.95 Å². The van der Waals surface area contributed by atoms with Crippen LogP contribution in [-0.2, 0) is 4.74 Å². The van der Waals surface area contributed by atoms with Gasteiger partial charge in [-0.3, -0.25) is 0 Å². The third kappa shape index (κ3) is 3.73. The summed E-state index contributed by atoms with van der Waals surface area (Å²) in [5, 5.41) is 3.35. The Balaban J connectivity index is 1.95. The van der Waals surface area contributed by atoms with Gasteiger partial charge in [0.05, 0.1) is 6.61 Å². The van der Waals surface area contributed by atoms with Gasteiger partial charge in [-0.25, -0.2) is 4.98 Å². The molecule has 18 heavy (non-hydrogen) atoms. The molecule has 1 N–H and O–H groups in total. The fourth-order valence-electron chi connectivity index (χ4n) is 2.72. The average Bonchev–Trinajstić information content (AvgIpc) is 2.77. The zero-order valence-electron chi connectivity index (χ0n) is 11.4. The lowest BCUT2D eigenvalue weighted by atomic mass is 9.96. The lowest BCUT2D eigenvalue weighted by molar-refractivity contribution is 0.210. The summed E-state index contributed by atoms with van der Waals surface area (Å²) in [6.45, 7) is 1.54. The minimum absolute atomic E-state index is 0.623. The van der Waals surface area contributed by atoms with Crippen LogP contribution in [0.1, 0.15) is 51.0 Å². The Bertz CT molecular complexity index is 330. The van der Waals surface area contributed by atoms with Crippen molar-refractivity contribution in [1.29, 1.82) is 0 Å². The van der Waals surface area contributed by atoms with E-state index in [0.29, 0.717) is 6.04 Å². The van der Waals surface area contributed by atoms with E-state index in [2.05, 4.69) is 21.1 Å². The van der Waals surface area contributed by atoms with Crippen LogP contribution in [0.4, 0.5) is 5.95 Å². The minimum atomic E-state index is 0.623. The summed E-state index contributed by atoms with van der Waals surface area (Å²) in [4.78, 5) is 4.41. The van der Waals surface area contributed by atoms with Crippen molar-refractivity contribution in [2.75, 3.05) is 25.6 Å². The van der Waals surface area contributed by atoms with E-state index in [1.807, 2.05) is 6.20 Å². The molecule has 1 aliphatic rings. The maximum absolute atomic E-state index is 5.06. The number of imidazole rings is 1. The molecule has 0 unspecified atom stereocenters. The van der Waals surface area contributed by atoms with Gasteiger partial charge in [0, 0.05) is 32.1 Å². The first kappa shape index (κ1) is 13.4. The largest absolute Gasteiger partial charge is 0.383 e. The molecule has 1 saturated carbocycles. The van der Waals surface area contributed by atoms with Crippen molar-refractivity contribution in [2.24, 2.45) is 0 Å². The number of aromatic nitrogens is 2. The molecule has 1 heterocycles. The molecule has 2 rings (SSSR count). The molecule has 0 atom stereocenters. The number of anilines is 1. The van der Waals surface area contributed by atoms with Crippen molar-refractivity contribution < 1.29 is 4.74 Å². The number of rotatable bonds is 5. The van der Waals surface area contributed by atoms with Crippen LogP contribution < -0.4 is 5.32 Å². The zero-order valence-corrected chi connectivity index (χ0v) is 11.4. The molecular weight excluding hydrogens is 226 g/mol. The zero-order chi connectivity index (χ0) is 12.6. The van der Waals surface area contributed by atoms with Crippen molar-refractivity contribution >= 4 is 5.95 Å². The summed E-state index contributed by atoms with van der Waals surface area (Å²) >= 11 is 0. The highest BCUT2D eigenvalue weighted by atomic mass is 16.5. The van der Waals surface area contributed by atoms with Crippen molar-refractivity contribution in [3.8, 4) is 0 Å². The van der Waals surface area contributed by atoms with Gasteiger partial charge in [-0.1, -0.05) is 32.1 Å². The van der Waals surface area contributed by atoms with Gasteiger partial charge in [0.15, 0.2) is 0 Å². The summed E-state index contributed by atoms with van der Waals surface area (Å²) in [6.07, 6.45) is 13.5. The van der Waals surface area contributed by atoms with Crippen LogP contribution in [0.25, 0.3) is 0 Å². The topological polar surface area (TPSA) is 39.1 Å². The van der Waals surface area contributed by atoms with E-state index in [1.54, 1.807) is 7.11 Å². The Labute approximate surface area is 110 Å². The minimum Gasteiger partial charge on any atom is -0.383 e. The average molecular weight is 251 g/mol. The van der Waals surface area contributed by atoms with Crippen LogP contribution in [0.15, 0.2) is 12.4 Å². The lowest BCUT2D eigenvalue weighted by Crippen LogP contribution is -2.16. The van der Waals surface area contributed by atoms with Gasteiger partial charge >= 0.3 is 0 Å². The van der Waals surface area contributed by atoms with Crippen molar-refractivity contribution in [2.45, 2.75) is 51.0 Å². The Morgan fingerprint density at radius 2 is 2.00 bits per heavy atom. The lowest BCUT2D eigenvalue weighted by Gasteiger charge is -2.23. The third-order valence-electron chi connectivity index (χ3n) is 3.73. The Hall–Kier alpha value is -1.03. The predicted molar refractivity (Wildman–Crippen MR) is 73.9 cm³/mol. The molecule has 1 aromatic rings. The highest BCUT2D eigenvalue weighted by Gasteiger charge is 2.15. The van der Waals surface area contributed by atoms with Crippen LogP contribution >= 0.6 is 0 Å². The molecule has 4 nitrogen and oxygen atoms in total. The molecule has 0 radical (unpaired) electrons. The fraction of sp³-hybridized carbons (Fsp3) is 0.786. The number of ether oxygens (including phenoxy) is 1. The maximum atomic E-state index is 5.06. The van der Waals surface area contributed by atoms with E-state index >= 15 is 0 Å². The number of hydrogen-bond donors (Lipinski definition) is 1. The van der Waals surface area contributed by atoms with E-state index in [9.17, 15) is 0 Å². The number of methoxy groups -OCH3 is 1. The third-order valence-corrected chi connectivity index (χ3v) is 3.73. The highest BCUT2D eigenvalue weighted by Crippen LogP contribution is 2.28.